The Morgan fingerprint density at radius 3 is 2.21 bits per heavy atom. The molecule has 1 spiro atoms. The highest BCUT2D eigenvalue weighted by atomic mass is 16.7. The zero-order chi connectivity index (χ0) is 20.7. The Hall–Kier alpha value is -1.06. The molecule has 4 heteroatoms. The normalized spacial score (nSPS) is 38.1. The Kier molecular flexibility index (Phi) is 5.91. The van der Waals surface area contributed by atoms with E-state index >= 15 is 0 Å². The summed E-state index contributed by atoms with van der Waals surface area (Å²) in [4.78, 5) is 25.1. The van der Waals surface area contributed by atoms with Crippen LogP contribution in [0.5, 0.6) is 0 Å². The highest BCUT2D eigenvalue weighted by Crippen LogP contribution is 2.67. The van der Waals surface area contributed by atoms with Crippen LogP contribution >= 0.6 is 0 Å². The molecule has 2 saturated carbocycles. The summed E-state index contributed by atoms with van der Waals surface area (Å²) in [5.74, 6) is 0.352. The lowest BCUT2D eigenvalue weighted by Gasteiger charge is -2.64. The number of esters is 2. The minimum Gasteiger partial charge on any atom is -0.422 e. The van der Waals surface area contributed by atoms with Gasteiger partial charge in [-0.15, -0.1) is 0 Å². The average molecular weight is 393 g/mol. The number of ether oxygens (including phenoxy) is 2. The SMILES string of the molecule is CC[C@@H](C)CC[C@H]1[C@@H](C)CC[C@H]2C(C)(C)CCC3(OC(=O)CCC(=O)O3)[C@]12C. The summed E-state index contributed by atoms with van der Waals surface area (Å²) in [6.07, 6.45) is 7.59. The number of fused-ring (bicyclic) bond motifs is 2. The van der Waals surface area contributed by atoms with Gasteiger partial charge in [-0.2, -0.15) is 0 Å². The molecule has 1 heterocycles. The Balaban J connectivity index is 2.07. The predicted octanol–water partition coefficient (Wildman–Crippen LogP) is 5.88. The number of carbonyl (C=O) groups excluding carboxylic acids is 2. The van der Waals surface area contributed by atoms with Crippen LogP contribution in [0.1, 0.15) is 99.3 Å². The van der Waals surface area contributed by atoms with E-state index in [0.717, 1.165) is 19.3 Å². The molecule has 0 radical (unpaired) electrons. The van der Waals surface area contributed by atoms with Gasteiger partial charge in [-0.3, -0.25) is 9.59 Å². The third kappa shape index (κ3) is 3.50. The van der Waals surface area contributed by atoms with E-state index in [4.69, 9.17) is 9.47 Å². The van der Waals surface area contributed by atoms with Gasteiger partial charge in [0.25, 0.3) is 5.79 Å². The second-order valence-electron chi connectivity index (χ2n) is 10.8. The van der Waals surface area contributed by atoms with Crippen LogP contribution in [0.15, 0.2) is 0 Å². The van der Waals surface area contributed by atoms with Crippen molar-refractivity contribution in [3.63, 3.8) is 0 Å². The monoisotopic (exact) mass is 392 g/mol. The van der Waals surface area contributed by atoms with Crippen molar-refractivity contribution in [2.45, 2.75) is 105 Å². The summed E-state index contributed by atoms with van der Waals surface area (Å²) >= 11 is 0. The predicted molar refractivity (Wildman–Crippen MR) is 109 cm³/mol. The van der Waals surface area contributed by atoms with Crippen molar-refractivity contribution < 1.29 is 19.1 Å². The van der Waals surface area contributed by atoms with Crippen LogP contribution in [0.3, 0.4) is 0 Å². The van der Waals surface area contributed by atoms with Crippen LogP contribution in [-0.4, -0.2) is 17.7 Å². The molecular weight excluding hydrogens is 352 g/mol. The molecule has 0 aromatic heterocycles. The van der Waals surface area contributed by atoms with Gasteiger partial charge in [0.15, 0.2) is 0 Å². The van der Waals surface area contributed by atoms with Crippen molar-refractivity contribution in [1.82, 2.24) is 0 Å². The van der Waals surface area contributed by atoms with Crippen LogP contribution in [0, 0.1) is 34.5 Å². The average Bonchev–Trinajstić information content (AvgIpc) is 2.77. The topological polar surface area (TPSA) is 52.6 Å². The number of hydrogen-bond donors (Lipinski definition) is 0. The zero-order valence-corrected chi connectivity index (χ0v) is 18.8. The maximum Gasteiger partial charge on any atom is 0.309 e. The largest absolute Gasteiger partial charge is 0.422 e. The summed E-state index contributed by atoms with van der Waals surface area (Å²) in [6.45, 7) is 13.9. The van der Waals surface area contributed by atoms with Crippen molar-refractivity contribution in [1.29, 1.82) is 0 Å². The fourth-order valence-corrected chi connectivity index (χ4v) is 6.73. The van der Waals surface area contributed by atoms with Gasteiger partial charge < -0.3 is 9.47 Å². The van der Waals surface area contributed by atoms with Gasteiger partial charge in [0.1, 0.15) is 0 Å². The lowest BCUT2D eigenvalue weighted by molar-refractivity contribution is -0.329. The molecule has 0 bridgehead atoms. The summed E-state index contributed by atoms with van der Waals surface area (Å²) in [7, 11) is 0. The van der Waals surface area contributed by atoms with Gasteiger partial charge in [0.05, 0.1) is 18.3 Å². The Labute approximate surface area is 171 Å². The highest BCUT2D eigenvalue weighted by Gasteiger charge is 2.69. The standard InChI is InChI=1S/C24H40O4/c1-7-16(2)8-10-18-17(3)9-11-19-22(4,5)14-15-24(23(18,19)6)27-20(25)12-13-21(26)28-24/h16-19H,7-15H2,1-6H3/t16-,17+,18+,19+,23-/m1/s1. The maximum absolute atomic E-state index is 12.5. The Morgan fingerprint density at radius 2 is 1.64 bits per heavy atom. The molecule has 0 aromatic rings. The van der Waals surface area contributed by atoms with Crippen molar-refractivity contribution in [3.8, 4) is 0 Å². The smallest absolute Gasteiger partial charge is 0.309 e. The summed E-state index contributed by atoms with van der Waals surface area (Å²) in [6, 6.07) is 0. The molecular formula is C24H40O4. The molecule has 0 unspecified atom stereocenters. The van der Waals surface area contributed by atoms with E-state index in [1.807, 2.05) is 0 Å². The van der Waals surface area contributed by atoms with Gasteiger partial charge in [-0.1, -0.05) is 60.8 Å². The lowest BCUT2D eigenvalue weighted by Crippen LogP contribution is -2.67. The molecule has 0 aromatic carbocycles. The quantitative estimate of drug-likeness (QED) is 0.561. The molecule has 3 fully saturated rings. The molecule has 0 N–H and O–H groups in total. The summed E-state index contributed by atoms with van der Waals surface area (Å²) in [5.41, 5.74) is -0.185. The van der Waals surface area contributed by atoms with E-state index in [9.17, 15) is 9.59 Å². The third-order valence-corrected chi connectivity index (χ3v) is 8.71. The molecule has 0 amide bonds. The molecule has 1 saturated heterocycles. The van der Waals surface area contributed by atoms with Gasteiger partial charge in [-0.25, -0.2) is 0 Å². The van der Waals surface area contributed by atoms with Crippen molar-refractivity contribution in [3.05, 3.63) is 0 Å². The molecule has 4 nitrogen and oxygen atoms in total. The summed E-state index contributed by atoms with van der Waals surface area (Å²) < 4.78 is 12.2. The Bertz CT molecular complexity index is 592. The second kappa shape index (κ2) is 7.65. The molecule has 3 aliphatic rings. The fourth-order valence-electron chi connectivity index (χ4n) is 6.73. The van der Waals surface area contributed by atoms with E-state index in [0.29, 0.717) is 30.1 Å². The first-order chi connectivity index (χ1) is 13.1. The van der Waals surface area contributed by atoms with Crippen LogP contribution in [0.2, 0.25) is 0 Å². The van der Waals surface area contributed by atoms with E-state index in [-0.39, 0.29) is 35.6 Å². The summed E-state index contributed by atoms with van der Waals surface area (Å²) in [5, 5.41) is 0. The first-order valence-corrected chi connectivity index (χ1v) is 11.5. The van der Waals surface area contributed by atoms with Crippen molar-refractivity contribution >= 4 is 11.9 Å². The second-order valence-corrected chi connectivity index (χ2v) is 10.8. The number of rotatable bonds is 4. The highest BCUT2D eigenvalue weighted by molar-refractivity contribution is 5.80. The van der Waals surface area contributed by atoms with Crippen LogP contribution in [-0.2, 0) is 19.1 Å². The molecule has 1 aliphatic heterocycles. The van der Waals surface area contributed by atoms with Gasteiger partial charge in [0, 0.05) is 6.42 Å². The van der Waals surface area contributed by atoms with Crippen LogP contribution in [0.4, 0.5) is 0 Å². The minimum absolute atomic E-state index is 0.137. The first kappa shape index (κ1) is 21.6. The molecule has 160 valence electrons. The van der Waals surface area contributed by atoms with Crippen LogP contribution < -0.4 is 0 Å². The fraction of sp³-hybridized carbons (Fsp3) is 0.917. The molecule has 28 heavy (non-hydrogen) atoms. The molecule has 3 rings (SSSR count). The number of hydrogen-bond acceptors (Lipinski definition) is 4. The number of carbonyl (C=O) groups is 2. The Morgan fingerprint density at radius 1 is 1.04 bits per heavy atom. The van der Waals surface area contributed by atoms with Gasteiger partial charge in [0.2, 0.25) is 0 Å². The van der Waals surface area contributed by atoms with Crippen molar-refractivity contribution in [2.75, 3.05) is 0 Å². The van der Waals surface area contributed by atoms with E-state index in [1.54, 1.807) is 0 Å². The zero-order valence-electron chi connectivity index (χ0n) is 18.8. The van der Waals surface area contributed by atoms with Gasteiger partial charge >= 0.3 is 11.9 Å². The lowest BCUT2D eigenvalue weighted by atomic mass is 9.43. The molecule has 5 atom stereocenters. The maximum atomic E-state index is 12.5. The van der Waals surface area contributed by atoms with E-state index in [1.165, 1.54) is 19.3 Å². The van der Waals surface area contributed by atoms with E-state index in [2.05, 4.69) is 41.5 Å². The third-order valence-electron chi connectivity index (χ3n) is 8.71. The molecule has 2 aliphatic carbocycles. The van der Waals surface area contributed by atoms with Crippen LogP contribution in [0.25, 0.3) is 0 Å². The van der Waals surface area contributed by atoms with Gasteiger partial charge in [-0.05, 0) is 48.3 Å². The van der Waals surface area contributed by atoms with Crippen molar-refractivity contribution in [2.24, 2.45) is 34.5 Å². The first-order valence-electron chi connectivity index (χ1n) is 11.5. The van der Waals surface area contributed by atoms with E-state index < -0.39 is 5.79 Å². The minimum atomic E-state index is -1.09.